The van der Waals surface area contributed by atoms with E-state index in [0.717, 1.165) is 45.4 Å². The van der Waals surface area contributed by atoms with Crippen LogP contribution in [0.5, 0.6) is 5.75 Å². The van der Waals surface area contributed by atoms with Crippen LogP contribution in [0.2, 0.25) is 0 Å². The van der Waals surface area contributed by atoms with E-state index >= 15 is 0 Å². The standard InChI is InChI=1S/C23H31NO3S/c1-17(2)28-20(5)15-24(6)14-18(3)13-19(4)16-27-22-10-7-21(8-11-22)9-12-23(25)26/h7-8,10-11,13H,1,3,5,9,12,14-16H2,2,4,6H3,(H,25,26)/b19-13+. The highest BCUT2D eigenvalue weighted by molar-refractivity contribution is 8.06. The number of ether oxygens (including phenoxy) is 1. The van der Waals surface area contributed by atoms with E-state index < -0.39 is 5.97 Å². The average Bonchev–Trinajstić information content (AvgIpc) is 2.57. The van der Waals surface area contributed by atoms with Crippen LogP contribution in [0.25, 0.3) is 0 Å². The molecule has 0 unspecified atom stereocenters. The number of benzene rings is 1. The Balaban J connectivity index is 2.42. The van der Waals surface area contributed by atoms with Gasteiger partial charge in [0, 0.05) is 19.5 Å². The van der Waals surface area contributed by atoms with Crippen LogP contribution >= 0.6 is 11.8 Å². The summed E-state index contributed by atoms with van der Waals surface area (Å²) >= 11 is 1.61. The molecule has 0 saturated heterocycles. The second kappa shape index (κ2) is 12.3. The maximum atomic E-state index is 10.6. The molecule has 0 fully saturated rings. The van der Waals surface area contributed by atoms with Crippen molar-refractivity contribution in [2.24, 2.45) is 0 Å². The van der Waals surface area contributed by atoms with Crippen LogP contribution in [-0.4, -0.2) is 42.7 Å². The topological polar surface area (TPSA) is 49.8 Å². The van der Waals surface area contributed by atoms with Gasteiger partial charge in [0.15, 0.2) is 0 Å². The zero-order valence-corrected chi connectivity index (χ0v) is 18.0. The zero-order chi connectivity index (χ0) is 21.1. The number of allylic oxidation sites excluding steroid dienone is 1. The summed E-state index contributed by atoms with van der Waals surface area (Å²) in [5.74, 6) is -0.0199. The van der Waals surface area contributed by atoms with Crippen LogP contribution in [-0.2, 0) is 11.2 Å². The average molecular weight is 402 g/mol. The van der Waals surface area contributed by atoms with Gasteiger partial charge in [-0.05, 0) is 66.0 Å². The predicted molar refractivity (Wildman–Crippen MR) is 120 cm³/mol. The molecular weight excluding hydrogens is 370 g/mol. The van der Waals surface area contributed by atoms with Crippen molar-refractivity contribution in [2.45, 2.75) is 26.7 Å². The third-order valence-electron chi connectivity index (χ3n) is 3.71. The minimum atomic E-state index is -0.786. The summed E-state index contributed by atoms with van der Waals surface area (Å²) < 4.78 is 5.80. The fourth-order valence-corrected chi connectivity index (χ4v) is 3.40. The molecule has 0 saturated carbocycles. The zero-order valence-electron chi connectivity index (χ0n) is 17.2. The normalized spacial score (nSPS) is 11.4. The smallest absolute Gasteiger partial charge is 0.303 e. The Labute approximate surface area is 173 Å². The Bertz CT molecular complexity index is 735. The van der Waals surface area contributed by atoms with Gasteiger partial charge in [0.05, 0.1) is 0 Å². The van der Waals surface area contributed by atoms with Gasteiger partial charge in [-0.2, -0.15) is 0 Å². The SMILES string of the molecule is C=C(/C=C(\C)COc1ccc(CCC(=O)O)cc1)CN(C)CC(=C)SC(=C)C. The molecule has 0 aliphatic heterocycles. The van der Waals surface area contributed by atoms with Gasteiger partial charge < -0.3 is 9.84 Å². The van der Waals surface area contributed by atoms with Crippen molar-refractivity contribution in [3.63, 3.8) is 0 Å². The number of aryl methyl sites for hydroxylation is 1. The van der Waals surface area contributed by atoms with E-state index in [4.69, 9.17) is 9.84 Å². The molecule has 1 N–H and O–H groups in total. The molecule has 1 rings (SSSR count). The van der Waals surface area contributed by atoms with Crippen LogP contribution in [0.1, 0.15) is 25.8 Å². The second-order valence-electron chi connectivity index (χ2n) is 6.99. The maximum Gasteiger partial charge on any atom is 0.303 e. The molecule has 0 amide bonds. The first-order chi connectivity index (χ1) is 13.2. The molecule has 28 heavy (non-hydrogen) atoms. The highest BCUT2D eigenvalue weighted by atomic mass is 32.2. The van der Waals surface area contributed by atoms with Crippen LogP contribution < -0.4 is 4.74 Å². The van der Waals surface area contributed by atoms with Crippen molar-refractivity contribution < 1.29 is 14.6 Å². The van der Waals surface area contributed by atoms with E-state index in [9.17, 15) is 4.79 Å². The Hall–Kier alpha value is -2.24. The molecule has 0 spiro atoms. The van der Waals surface area contributed by atoms with Gasteiger partial charge in [0.25, 0.3) is 0 Å². The number of carbonyl (C=O) groups is 1. The van der Waals surface area contributed by atoms with Crippen molar-refractivity contribution in [3.8, 4) is 5.75 Å². The van der Waals surface area contributed by atoms with E-state index in [-0.39, 0.29) is 6.42 Å². The van der Waals surface area contributed by atoms with Crippen LogP contribution in [0, 0.1) is 0 Å². The quantitative estimate of drug-likeness (QED) is 0.455. The molecule has 0 heterocycles. The molecule has 152 valence electrons. The summed E-state index contributed by atoms with van der Waals surface area (Å²) in [6.07, 6.45) is 2.71. The Morgan fingerprint density at radius 2 is 1.82 bits per heavy atom. The predicted octanol–water partition coefficient (Wildman–Crippen LogP) is 5.30. The highest BCUT2D eigenvalue weighted by Gasteiger charge is 2.05. The lowest BCUT2D eigenvalue weighted by molar-refractivity contribution is -0.136. The first-order valence-corrected chi connectivity index (χ1v) is 9.95. The van der Waals surface area contributed by atoms with Crippen LogP contribution in [0.15, 0.2) is 71.0 Å². The molecule has 0 radical (unpaired) electrons. The number of carboxylic acids is 1. The number of thioether (sulfide) groups is 1. The molecule has 4 nitrogen and oxygen atoms in total. The molecule has 0 atom stereocenters. The molecule has 1 aromatic carbocycles. The first-order valence-electron chi connectivity index (χ1n) is 9.14. The van der Waals surface area contributed by atoms with E-state index in [2.05, 4.69) is 24.6 Å². The lowest BCUT2D eigenvalue weighted by Gasteiger charge is -2.18. The van der Waals surface area contributed by atoms with Gasteiger partial charge in [-0.15, -0.1) is 0 Å². The summed E-state index contributed by atoms with van der Waals surface area (Å²) in [6.45, 7) is 18.1. The van der Waals surface area contributed by atoms with Crippen molar-refractivity contribution in [1.29, 1.82) is 0 Å². The number of hydrogen-bond acceptors (Lipinski definition) is 4. The second-order valence-corrected chi connectivity index (χ2v) is 8.47. The fraction of sp³-hybridized carbons (Fsp3) is 0.348. The number of hydrogen-bond donors (Lipinski definition) is 1. The van der Waals surface area contributed by atoms with Gasteiger partial charge in [-0.25, -0.2) is 0 Å². The van der Waals surface area contributed by atoms with E-state index in [1.54, 1.807) is 11.8 Å². The number of rotatable bonds is 13. The fourth-order valence-electron chi connectivity index (χ4n) is 2.62. The minimum absolute atomic E-state index is 0.137. The maximum absolute atomic E-state index is 10.6. The molecule has 0 aromatic heterocycles. The van der Waals surface area contributed by atoms with E-state index in [0.29, 0.717) is 13.0 Å². The molecule has 0 aliphatic carbocycles. The lowest BCUT2D eigenvalue weighted by Crippen LogP contribution is -2.22. The lowest BCUT2D eigenvalue weighted by atomic mass is 10.1. The number of likely N-dealkylation sites (N-methyl/N-ethyl adjacent to an activating group) is 1. The van der Waals surface area contributed by atoms with Gasteiger partial charge >= 0.3 is 5.97 Å². The molecule has 1 aromatic rings. The van der Waals surface area contributed by atoms with Gasteiger partial charge in [-0.1, -0.05) is 49.7 Å². The van der Waals surface area contributed by atoms with Crippen molar-refractivity contribution in [2.75, 3.05) is 26.7 Å². The van der Waals surface area contributed by atoms with Crippen molar-refractivity contribution in [3.05, 3.63) is 76.6 Å². The van der Waals surface area contributed by atoms with E-state index in [1.807, 2.05) is 51.2 Å². The van der Waals surface area contributed by atoms with Gasteiger partial charge in [-0.3, -0.25) is 9.69 Å². The summed E-state index contributed by atoms with van der Waals surface area (Å²) in [5, 5.41) is 8.73. The van der Waals surface area contributed by atoms with Crippen molar-refractivity contribution in [1.82, 2.24) is 4.90 Å². The summed E-state index contributed by atoms with van der Waals surface area (Å²) in [5.41, 5.74) is 3.09. The molecular formula is C23H31NO3S. The largest absolute Gasteiger partial charge is 0.489 e. The monoisotopic (exact) mass is 401 g/mol. The molecule has 0 bridgehead atoms. The number of nitrogens with zero attached hydrogens (tertiary/aromatic N) is 1. The van der Waals surface area contributed by atoms with Gasteiger partial charge in [0.1, 0.15) is 12.4 Å². The highest BCUT2D eigenvalue weighted by Crippen LogP contribution is 2.22. The third kappa shape index (κ3) is 10.8. The summed E-state index contributed by atoms with van der Waals surface area (Å²) in [4.78, 5) is 14.9. The molecule has 5 heteroatoms. The summed E-state index contributed by atoms with van der Waals surface area (Å²) in [7, 11) is 2.04. The Morgan fingerprint density at radius 1 is 1.18 bits per heavy atom. The first kappa shape index (κ1) is 23.8. The van der Waals surface area contributed by atoms with Crippen LogP contribution in [0.4, 0.5) is 0 Å². The number of aliphatic carboxylic acids is 1. The summed E-state index contributed by atoms with van der Waals surface area (Å²) in [6, 6.07) is 7.55. The van der Waals surface area contributed by atoms with Crippen molar-refractivity contribution >= 4 is 17.7 Å². The minimum Gasteiger partial charge on any atom is -0.489 e. The Morgan fingerprint density at radius 3 is 2.39 bits per heavy atom. The van der Waals surface area contributed by atoms with E-state index in [1.165, 1.54) is 0 Å². The molecule has 0 aliphatic rings. The van der Waals surface area contributed by atoms with Crippen LogP contribution in [0.3, 0.4) is 0 Å². The number of carboxylic acid groups (broad SMARTS) is 1. The van der Waals surface area contributed by atoms with Gasteiger partial charge in [0.2, 0.25) is 0 Å². The third-order valence-corrected chi connectivity index (χ3v) is 4.47. The Kier molecular flexibility index (Phi) is 10.4.